The van der Waals surface area contributed by atoms with Gasteiger partial charge in [-0.25, -0.2) is 0 Å². The molecule has 0 saturated heterocycles. The van der Waals surface area contributed by atoms with Gasteiger partial charge in [0.2, 0.25) is 0 Å². The van der Waals surface area contributed by atoms with Gasteiger partial charge in [-0.05, 0) is 43.5 Å². The van der Waals surface area contributed by atoms with Crippen LogP contribution in [0.4, 0.5) is 0 Å². The summed E-state index contributed by atoms with van der Waals surface area (Å²) in [5.74, 6) is 0. The van der Waals surface area contributed by atoms with Crippen molar-refractivity contribution >= 4 is 10.9 Å². The summed E-state index contributed by atoms with van der Waals surface area (Å²) in [6.45, 7) is 7.11. The zero-order chi connectivity index (χ0) is 13.5. The Morgan fingerprint density at radius 1 is 1.32 bits per heavy atom. The third-order valence-corrected chi connectivity index (χ3v) is 3.34. The molecule has 0 spiro atoms. The molecule has 1 aromatic heterocycles. The van der Waals surface area contributed by atoms with Crippen molar-refractivity contribution < 1.29 is 0 Å². The summed E-state index contributed by atoms with van der Waals surface area (Å²) in [7, 11) is 0. The number of nitrogens with one attached hydrogen (secondary N) is 1. The Balaban J connectivity index is 2.20. The van der Waals surface area contributed by atoms with Crippen LogP contribution in [0.5, 0.6) is 0 Å². The molecule has 0 amide bonds. The lowest BCUT2D eigenvalue weighted by Crippen LogP contribution is -2.31. The normalized spacial score (nSPS) is 12.5. The summed E-state index contributed by atoms with van der Waals surface area (Å²) in [4.78, 5) is 4.42. The van der Waals surface area contributed by atoms with E-state index in [1.54, 1.807) is 0 Å². The number of hydrogen-bond donors (Lipinski definition) is 1. The van der Waals surface area contributed by atoms with Crippen LogP contribution < -0.4 is 5.32 Å². The molecule has 1 heterocycles. The Bertz CT molecular complexity index is 528. The van der Waals surface area contributed by atoms with E-state index in [1.165, 1.54) is 10.9 Å². The molecule has 0 bridgehead atoms. The first-order valence-corrected chi connectivity index (χ1v) is 7.02. The Labute approximate surface area is 115 Å². The van der Waals surface area contributed by atoms with Crippen LogP contribution in [-0.4, -0.2) is 17.6 Å². The summed E-state index contributed by atoms with van der Waals surface area (Å²) in [5.41, 5.74) is 2.44. The quantitative estimate of drug-likeness (QED) is 0.762. The van der Waals surface area contributed by atoms with E-state index in [4.69, 9.17) is 0 Å². The Hall–Kier alpha value is -1.67. The first-order chi connectivity index (χ1) is 9.35. The maximum atomic E-state index is 4.42. The van der Waals surface area contributed by atoms with Crippen LogP contribution in [0.1, 0.15) is 25.3 Å². The van der Waals surface area contributed by atoms with Crippen LogP contribution in [0.25, 0.3) is 10.9 Å². The summed E-state index contributed by atoms with van der Waals surface area (Å²) in [6, 6.07) is 10.9. The van der Waals surface area contributed by atoms with Crippen LogP contribution in [0.15, 0.2) is 49.2 Å². The average Bonchev–Trinajstić information content (AvgIpc) is 2.45. The number of rotatable bonds is 7. The van der Waals surface area contributed by atoms with Crippen molar-refractivity contribution in [3.05, 3.63) is 54.7 Å². The standard InChI is InChI=1S/C17H22N2/c1-3-7-15(18-11-4-2)13-14-10-12-19-17-9-6-5-8-16(14)17/h3,5-6,8-10,12,15,18H,1,4,7,11,13H2,2H3. The predicted octanol–water partition coefficient (Wildman–Crippen LogP) is 3.72. The maximum absolute atomic E-state index is 4.42. The fourth-order valence-corrected chi connectivity index (χ4v) is 2.39. The monoisotopic (exact) mass is 254 g/mol. The summed E-state index contributed by atoms with van der Waals surface area (Å²) < 4.78 is 0. The number of fused-ring (bicyclic) bond motifs is 1. The van der Waals surface area contributed by atoms with Gasteiger partial charge in [0.05, 0.1) is 5.52 Å². The average molecular weight is 254 g/mol. The molecule has 2 nitrogen and oxygen atoms in total. The van der Waals surface area contributed by atoms with Gasteiger partial charge < -0.3 is 5.32 Å². The highest BCUT2D eigenvalue weighted by Crippen LogP contribution is 2.18. The van der Waals surface area contributed by atoms with Crippen molar-refractivity contribution in [1.29, 1.82) is 0 Å². The first-order valence-electron chi connectivity index (χ1n) is 7.02. The fraction of sp³-hybridized carbons (Fsp3) is 0.353. The van der Waals surface area contributed by atoms with Gasteiger partial charge in [0.1, 0.15) is 0 Å². The SMILES string of the molecule is C=CCC(Cc1ccnc2ccccc12)NCCC. The number of hydrogen-bond acceptors (Lipinski definition) is 2. The van der Waals surface area contributed by atoms with E-state index < -0.39 is 0 Å². The van der Waals surface area contributed by atoms with Crippen LogP contribution in [0.2, 0.25) is 0 Å². The van der Waals surface area contributed by atoms with Crippen molar-refractivity contribution in [1.82, 2.24) is 10.3 Å². The van der Waals surface area contributed by atoms with E-state index in [1.807, 2.05) is 18.3 Å². The summed E-state index contributed by atoms with van der Waals surface area (Å²) in [5, 5.41) is 4.85. The molecule has 0 aliphatic rings. The lowest BCUT2D eigenvalue weighted by Gasteiger charge is -2.17. The highest BCUT2D eigenvalue weighted by molar-refractivity contribution is 5.81. The van der Waals surface area contributed by atoms with Crippen molar-refractivity contribution in [3.8, 4) is 0 Å². The van der Waals surface area contributed by atoms with E-state index in [-0.39, 0.29) is 0 Å². The number of nitrogens with zero attached hydrogens (tertiary/aromatic N) is 1. The summed E-state index contributed by atoms with van der Waals surface area (Å²) >= 11 is 0. The highest BCUT2D eigenvalue weighted by atomic mass is 14.9. The highest BCUT2D eigenvalue weighted by Gasteiger charge is 2.09. The van der Waals surface area contributed by atoms with Gasteiger partial charge in [-0.3, -0.25) is 4.98 Å². The first kappa shape index (κ1) is 13.8. The largest absolute Gasteiger partial charge is 0.313 e. The number of aromatic nitrogens is 1. The third-order valence-electron chi connectivity index (χ3n) is 3.34. The predicted molar refractivity (Wildman–Crippen MR) is 82.3 cm³/mol. The molecular weight excluding hydrogens is 232 g/mol. The van der Waals surface area contributed by atoms with Crippen molar-refractivity contribution in [2.24, 2.45) is 0 Å². The van der Waals surface area contributed by atoms with Crippen LogP contribution in [-0.2, 0) is 6.42 Å². The van der Waals surface area contributed by atoms with Gasteiger partial charge in [-0.1, -0.05) is 31.2 Å². The smallest absolute Gasteiger partial charge is 0.0704 e. The van der Waals surface area contributed by atoms with E-state index in [2.05, 4.69) is 48.1 Å². The number of pyridine rings is 1. The minimum absolute atomic E-state index is 0.461. The van der Waals surface area contributed by atoms with E-state index in [0.29, 0.717) is 6.04 Å². The maximum Gasteiger partial charge on any atom is 0.0704 e. The molecule has 2 aromatic rings. The van der Waals surface area contributed by atoms with Crippen molar-refractivity contribution in [2.75, 3.05) is 6.54 Å². The zero-order valence-corrected chi connectivity index (χ0v) is 11.6. The van der Waals surface area contributed by atoms with Gasteiger partial charge in [0.15, 0.2) is 0 Å². The molecule has 2 heteroatoms. The molecule has 0 aliphatic heterocycles. The molecule has 1 unspecified atom stereocenters. The molecule has 0 fully saturated rings. The molecule has 0 aliphatic carbocycles. The zero-order valence-electron chi connectivity index (χ0n) is 11.6. The molecule has 0 saturated carbocycles. The molecular formula is C17H22N2. The summed E-state index contributed by atoms with van der Waals surface area (Å²) in [6.07, 6.45) is 7.08. The molecule has 1 atom stereocenters. The number of benzene rings is 1. The van der Waals surface area contributed by atoms with Gasteiger partial charge >= 0.3 is 0 Å². The third kappa shape index (κ3) is 3.65. The van der Waals surface area contributed by atoms with E-state index >= 15 is 0 Å². The Morgan fingerprint density at radius 3 is 2.95 bits per heavy atom. The minimum atomic E-state index is 0.461. The van der Waals surface area contributed by atoms with Crippen LogP contribution in [0.3, 0.4) is 0 Å². The lowest BCUT2D eigenvalue weighted by atomic mass is 10.00. The van der Waals surface area contributed by atoms with Crippen molar-refractivity contribution in [2.45, 2.75) is 32.2 Å². The molecule has 2 rings (SSSR count). The Morgan fingerprint density at radius 2 is 2.16 bits per heavy atom. The minimum Gasteiger partial charge on any atom is -0.313 e. The molecule has 1 aromatic carbocycles. The molecule has 19 heavy (non-hydrogen) atoms. The van der Waals surface area contributed by atoms with Crippen molar-refractivity contribution in [3.63, 3.8) is 0 Å². The van der Waals surface area contributed by atoms with Gasteiger partial charge in [-0.15, -0.1) is 6.58 Å². The fourth-order valence-electron chi connectivity index (χ4n) is 2.39. The van der Waals surface area contributed by atoms with Crippen LogP contribution in [0, 0.1) is 0 Å². The molecule has 1 N–H and O–H groups in total. The number of para-hydroxylation sites is 1. The van der Waals surface area contributed by atoms with Gasteiger partial charge in [-0.2, -0.15) is 0 Å². The van der Waals surface area contributed by atoms with E-state index in [9.17, 15) is 0 Å². The second kappa shape index (κ2) is 7.05. The molecule has 100 valence electrons. The van der Waals surface area contributed by atoms with E-state index in [0.717, 1.165) is 31.3 Å². The van der Waals surface area contributed by atoms with Crippen LogP contribution >= 0.6 is 0 Å². The Kier molecular flexibility index (Phi) is 5.10. The topological polar surface area (TPSA) is 24.9 Å². The second-order valence-electron chi connectivity index (χ2n) is 4.87. The second-order valence-corrected chi connectivity index (χ2v) is 4.87. The molecule has 0 radical (unpaired) electrons. The van der Waals surface area contributed by atoms with Gasteiger partial charge in [0, 0.05) is 17.6 Å². The lowest BCUT2D eigenvalue weighted by molar-refractivity contribution is 0.513. The van der Waals surface area contributed by atoms with Gasteiger partial charge in [0.25, 0.3) is 0 Å².